The fraction of sp³-hybridized carbons (Fsp3) is 0.762. The highest BCUT2D eigenvalue weighted by molar-refractivity contribution is 5.89. The van der Waals surface area contributed by atoms with Gasteiger partial charge in [0.15, 0.2) is 0 Å². The molecule has 0 bridgehead atoms. The van der Waals surface area contributed by atoms with E-state index in [9.17, 15) is 19.5 Å². The molecule has 1 aliphatic heterocycles. The normalized spacial score (nSPS) is 27.5. The number of carbonyl (C=O) groups excluding carboxylic acids is 2. The summed E-state index contributed by atoms with van der Waals surface area (Å²) in [5.41, 5.74) is -0.746. The van der Waals surface area contributed by atoms with Crippen LogP contribution in [0.3, 0.4) is 0 Å². The smallest absolute Gasteiger partial charge is 0.326 e. The summed E-state index contributed by atoms with van der Waals surface area (Å²) in [5, 5.41) is 9.73. The van der Waals surface area contributed by atoms with Crippen LogP contribution in [-0.2, 0) is 23.9 Å². The molecule has 28 heavy (non-hydrogen) atoms. The molecule has 7 heteroatoms. The molecule has 7 nitrogen and oxygen atoms in total. The standard InChI is InChI=1S/C21H33NO6/c1-8-9-27-12(2)13(10-15(23)28-20(3,4)5)18(24)22-11-14-16(21(14,6)7)17(22)19(25)26/h8,12-14,16-17H,1,9-11H2,2-7H3,(H,25,26)/t12-,13-,14-,16-,17-/m0/s1. The molecule has 1 saturated heterocycles. The van der Waals surface area contributed by atoms with Crippen LogP contribution in [0.15, 0.2) is 12.7 Å². The number of carboxylic acid groups (broad SMARTS) is 1. The molecular weight excluding hydrogens is 362 g/mol. The molecule has 2 rings (SSSR count). The third kappa shape index (κ3) is 4.57. The van der Waals surface area contributed by atoms with Gasteiger partial charge < -0.3 is 19.5 Å². The van der Waals surface area contributed by atoms with Gasteiger partial charge in [-0.1, -0.05) is 19.9 Å². The van der Waals surface area contributed by atoms with Crippen molar-refractivity contribution in [3.63, 3.8) is 0 Å². The molecule has 158 valence electrons. The first-order chi connectivity index (χ1) is 12.8. The lowest BCUT2D eigenvalue weighted by molar-refractivity contribution is -0.163. The molecule has 2 fully saturated rings. The summed E-state index contributed by atoms with van der Waals surface area (Å²) in [6.45, 7) is 15.3. The maximum absolute atomic E-state index is 13.3. The van der Waals surface area contributed by atoms with Crippen molar-refractivity contribution in [2.24, 2.45) is 23.2 Å². The molecule has 5 atom stereocenters. The monoisotopic (exact) mass is 395 g/mol. The van der Waals surface area contributed by atoms with Gasteiger partial charge in [-0.3, -0.25) is 9.59 Å². The lowest BCUT2D eigenvalue weighted by atomic mass is 9.94. The number of esters is 1. The van der Waals surface area contributed by atoms with Crippen LogP contribution in [0.4, 0.5) is 0 Å². The number of fused-ring (bicyclic) bond motifs is 1. The number of amides is 1. The summed E-state index contributed by atoms with van der Waals surface area (Å²) < 4.78 is 11.0. The van der Waals surface area contributed by atoms with Gasteiger partial charge in [-0.25, -0.2) is 4.79 Å². The molecule has 0 aromatic carbocycles. The zero-order valence-corrected chi connectivity index (χ0v) is 17.7. The molecule has 0 radical (unpaired) electrons. The minimum absolute atomic E-state index is 0.0551. The Bertz CT molecular complexity index is 650. The van der Waals surface area contributed by atoms with Crippen molar-refractivity contribution in [3.05, 3.63) is 12.7 Å². The van der Waals surface area contributed by atoms with Crippen LogP contribution in [0, 0.1) is 23.2 Å². The molecular formula is C21H33NO6. The zero-order valence-electron chi connectivity index (χ0n) is 17.7. The van der Waals surface area contributed by atoms with Gasteiger partial charge in [0.1, 0.15) is 11.6 Å². The van der Waals surface area contributed by atoms with Crippen molar-refractivity contribution in [1.29, 1.82) is 0 Å². The largest absolute Gasteiger partial charge is 0.480 e. The van der Waals surface area contributed by atoms with Gasteiger partial charge in [0.05, 0.1) is 25.0 Å². The van der Waals surface area contributed by atoms with E-state index in [0.29, 0.717) is 6.54 Å². The van der Waals surface area contributed by atoms with E-state index in [1.54, 1.807) is 33.8 Å². The first-order valence-electron chi connectivity index (χ1n) is 9.79. The van der Waals surface area contributed by atoms with Crippen molar-refractivity contribution in [2.45, 2.75) is 65.7 Å². The molecule has 0 unspecified atom stereocenters. The summed E-state index contributed by atoms with van der Waals surface area (Å²) in [5.74, 6) is -2.56. The van der Waals surface area contributed by atoms with Crippen LogP contribution in [-0.4, -0.2) is 58.8 Å². The Hall–Kier alpha value is -1.89. The molecule has 1 heterocycles. The van der Waals surface area contributed by atoms with Crippen LogP contribution < -0.4 is 0 Å². The third-order valence-electron chi connectivity index (χ3n) is 5.91. The summed E-state index contributed by atoms with van der Waals surface area (Å²) in [6, 6.07) is -0.861. The average molecular weight is 395 g/mol. The number of ether oxygens (including phenoxy) is 2. The summed E-state index contributed by atoms with van der Waals surface area (Å²) in [6.07, 6.45) is 0.840. The Balaban J connectivity index is 2.19. The second kappa shape index (κ2) is 7.85. The van der Waals surface area contributed by atoms with E-state index < -0.39 is 35.6 Å². The fourth-order valence-electron chi connectivity index (χ4n) is 4.36. The van der Waals surface area contributed by atoms with Crippen molar-refractivity contribution >= 4 is 17.8 Å². The Morgan fingerprint density at radius 2 is 1.93 bits per heavy atom. The second-order valence-corrected chi connectivity index (χ2v) is 9.45. The first-order valence-corrected chi connectivity index (χ1v) is 9.79. The minimum Gasteiger partial charge on any atom is -0.480 e. The van der Waals surface area contributed by atoms with Crippen LogP contribution in [0.25, 0.3) is 0 Å². The number of likely N-dealkylation sites (tertiary alicyclic amines) is 1. The highest BCUT2D eigenvalue weighted by atomic mass is 16.6. The zero-order chi connectivity index (χ0) is 21.4. The lowest BCUT2D eigenvalue weighted by Crippen LogP contribution is -2.50. The van der Waals surface area contributed by atoms with Crippen molar-refractivity contribution in [2.75, 3.05) is 13.2 Å². The van der Waals surface area contributed by atoms with E-state index in [1.165, 1.54) is 4.90 Å². The molecule has 1 aliphatic carbocycles. The molecule has 1 saturated carbocycles. The number of aliphatic carboxylic acids is 1. The second-order valence-electron chi connectivity index (χ2n) is 9.45. The molecule has 0 aromatic rings. The van der Waals surface area contributed by atoms with E-state index in [-0.39, 0.29) is 36.2 Å². The molecule has 1 amide bonds. The summed E-state index contributed by atoms with van der Waals surface area (Å²) in [7, 11) is 0. The lowest BCUT2D eigenvalue weighted by Gasteiger charge is -2.33. The number of rotatable bonds is 8. The Labute approximate surface area is 167 Å². The Morgan fingerprint density at radius 3 is 2.43 bits per heavy atom. The fourth-order valence-corrected chi connectivity index (χ4v) is 4.36. The van der Waals surface area contributed by atoms with Gasteiger partial charge in [-0.05, 0) is 39.0 Å². The van der Waals surface area contributed by atoms with Crippen molar-refractivity contribution < 1.29 is 29.0 Å². The number of carbonyl (C=O) groups is 3. The predicted octanol–water partition coefficient (Wildman–Crippen LogP) is 2.49. The van der Waals surface area contributed by atoms with E-state index in [4.69, 9.17) is 9.47 Å². The molecule has 0 aromatic heterocycles. The maximum atomic E-state index is 13.3. The molecule has 2 aliphatic rings. The number of hydrogen-bond donors (Lipinski definition) is 1. The SMILES string of the molecule is C=CCO[C@@H](C)[C@H](CC(=O)OC(C)(C)C)C(=O)N1C[C@H]2[C@@H]([C@H]1C(=O)O)C2(C)C. The average Bonchev–Trinajstić information content (AvgIpc) is 2.93. The topological polar surface area (TPSA) is 93.1 Å². The van der Waals surface area contributed by atoms with Crippen molar-refractivity contribution in [1.82, 2.24) is 4.90 Å². The van der Waals surface area contributed by atoms with Gasteiger partial charge in [0.2, 0.25) is 5.91 Å². The number of piperidine rings is 1. The van der Waals surface area contributed by atoms with Crippen LogP contribution in [0.5, 0.6) is 0 Å². The van der Waals surface area contributed by atoms with E-state index >= 15 is 0 Å². The van der Waals surface area contributed by atoms with Crippen molar-refractivity contribution in [3.8, 4) is 0 Å². The number of carboxylic acids is 1. The number of hydrogen-bond acceptors (Lipinski definition) is 5. The van der Waals surface area contributed by atoms with Crippen LogP contribution in [0.1, 0.15) is 48.0 Å². The first kappa shape index (κ1) is 22.4. The highest BCUT2D eigenvalue weighted by Gasteiger charge is 2.69. The van der Waals surface area contributed by atoms with E-state index in [2.05, 4.69) is 6.58 Å². The van der Waals surface area contributed by atoms with Gasteiger partial charge >= 0.3 is 11.9 Å². The number of nitrogens with zero attached hydrogens (tertiary/aromatic N) is 1. The molecule has 0 spiro atoms. The molecule has 1 N–H and O–H groups in total. The highest BCUT2D eigenvalue weighted by Crippen LogP contribution is 2.65. The third-order valence-corrected chi connectivity index (χ3v) is 5.91. The summed E-state index contributed by atoms with van der Waals surface area (Å²) >= 11 is 0. The van der Waals surface area contributed by atoms with Gasteiger partial charge in [-0.2, -0.15) is 0 Å². The Kier molecular flexibility index (Phi) is 6.28. The van der Waals surface area contributed by atoms with Crippen LogP contribution in [0.2, 0.25) is 0 Å². The van der Waals surface area contributed by atoms with Gasteiger partial charge in [0, 0.05) is 12.5 Å². The van der Waals surface area contributed by atoms with Crippen LogP contribution >= 0.6 is 0 Å². The maximum Gasteiger partial charge on any atom is 0.326 e. The Morgan fingerprint density at radius 1 is 1.32 bits per heavy atom. The predicted molar refractivity (Wildman–Crippen MR) is 103 cm³/mol. The summed E-state index contributed by atoms with van der Waals surface area (Å²) in [4.78, 5) is 39.0. The van der Waals surface area contributed by atoms with E-state index in [1.807, 2.05) is 13.8 Å². The minimum atomic E-state index is -0.998. The van der Waals surface area contributed by atoms with Gasteiger partial charge in [0.25, 0.3) is 0 Å². The van der Waals surface area contributed by atoms with E-state index in [0.717, 1.165) is 0 Å². The van der Waals surface area contributed by atoms with Gasteiger partial charge in [-0.15, -0.1) is 6.58 Å². The quantitative estimate of drug-likeness (QED) is 0.501.